The van der Waals surface area contributed by atoms with Crippen molar-refractivity contribution < 1.29 is 23.1 Å². The summed E-state index contributed by atoms with van der Waals surface area (Å²) in [6.07, 6.45) is -5.06. The zero-order chi connectivity index (χ0) is 16.3. The molecule has 2 rings (SSSR count). The van der Waals surface area contributed by atoms with Crippen LogP contribution < -0.4 is 16.6 Å². The van der Waals surface area contributed by atoms with E-state index < -0.39 is 24.4 Å². The van der Waals surface area contributed by atoms with Crippen molar-refractivity contribution in [2.75, 3.05) is 18.5 Å². The Balaban J connectivity index is 2.40. The van der Waals surface area contributed by atoms with Crippen molar-refractivity contribution in [3.63, 3.8) is 0 Å². The highest BCUT2D eigenvalue weighted by atomic mass is 19.4. The Bertz CT molecular complexity index is 516. The summed E-state index contributed by atoms with van der Waals surface area (Å²) in [6, 6.07) is -0.578. The molecule has 5 N–H and O–H groups in total. The highest BCUT2D eigenvalue weighted by Gasteiger charge is 2.49. The molecule has 2 heterocycles. The smallest absolute Gasteiger partial charge is 0.413 e. The van der Waals surface area contributed by atoms with Gasteiger partial charge >= 0.3 is 12.3 Å². The number of rotatable bonds is 4. The number of amides is 1. The number of hydrazine groups is 1. The Labute approximate surface area is 124 Å². The molecule has 0 spiro atoms. The number of nitrogens with zero attached hydrogens (tertiary/aromatic N) is 2. The molecule has 0 unspecified atom stereocenters. The summed E-state index contributed by atoms with van der Waals surface area (Å²) in [7, 11) is 0. The lowest BCUT2D eigenvalue weighted by Crippen LogP contribution is -2.48. The van der Waals surface area contributed by atoms with Gasteiger partial charge in [-0.3, -0.25) is 4.90 Å². The molecular weight excluding hydrogens is 303 g/mol. The molecule has 1 aromatic heterocycles. The lowest BCUT2D eigenvalue weighted by Gasteiger charge is -2.35. The number of carboxylic acid groups (broad SMARTS) is 1. The monoisotopic (exact) mass is 319 g/mol. The van der Waals surface area contributed by atoms with Crippen LogP contribution in [0.25, 0.3) is 0 Å². The SMILES string of the molecule is NNc1ccc([C@H](N(C(=O)O)[C@H]2CCNC2)C(F)(F)F)cn1. The number of nitrogens with one attached hydrogen (secondary N) is 2. The Morgan fingerprint density at radius 1 is 1.55 bits per heavy atom. The maximum atomic E-state index is 13.5. The highest BCUT2D eigenvalue weighted by Crippen LogP contribution is 2.39. The van der Waals surface area contributed by atoms with Crippen LogP contribution in [0.4, 0.5) is 23.8 Å². The molecule has 22 heavy (non-hydrogen) atoms. The first-order valence-electron chi connectivity index (χ1n) is 6.56. The second-order valence-corrected chi connectivity index (χ2v) is 4.90. The molecule has 2 atom stereocenters. The maximum Gasteiger partial charge on any atom is 0.413 e. The molecule has 1 aliphatic rings. The van der Waals surface area contributed by atoms with E-state index in [-0.39, 0.29) is 17.9 Å². The Hall–Kier alpha value is -2.07. The molecule has 0 radical (unpaired) electrons. The first-order chi connectivity index (χ1) is 10.3. The van der Waals surface area contributed by atoms with Crippen molar-refractivity contribution in [1.29, 1.82) is 0 Å². The van der Waals surface area contributed by atoms with Crippen molar-refractivity contribution in [3.8, 4) is 0 Å². The van der Waals surface area contributed by atoms with Gasteiger partial charge in [0.25, 0.3) is 0 Å². The third-order valence-electron chi connectivity index (χ3n) is 3.49. The standard InChI is InChI=1S/C12H16F3N5O2/c13-12(14,15)10(7-1-2-9(19-16)18-5-7)20(11(21)22)8-3-4-17-6-8/h1-2,5,8,10,17H,3-4,6,16H2,(H,18,19)(H,21,22)/t8-,10-/m0/s1. The topological polar surface area (TPSA) is 104 Å². The Kier molecular flexibility index (Phi) is 4.71. The zero-order valence-electron chi connectivity index (χ0n) is 11.5. The van der Waals surface area contributed by atoms with E-state index >= 15 is 0 Å². The van der Waals surface area contributed by atoms with Crippen LogP contribution in [0.5, 0.6) is 0 Å². The predicted molar refractivity (Wildman–Crippen MR) is 72.0 cm³/mol. The first kappa shape index (κ1) is 16.3. The van der Waals surface area contributed by atoms with Crippen LogP contribution in [0, 0.1) is 0 Å². The number of pyridine rings is 1. The van der Waals surface area contributed by atoms with Gasteiger partial charge in [0, 0.05) is 24.3 Å². The number of hydrogen-bond donors (Lipinski definition) is 4. The molecule has 1 fully saturated rings. The molecule has 10 heteroatoms. The molecule has 1 amide bonds. The van der Waals surface area contributed by atoms with Gasteiger partial charge in [0.2, 0.25) is 0 Å². The fourth-order valence-electron chi connectivity index (χ4n) is 2.51. The van der Waals surface area contributed by atoms with E-state index in [4.69, 9.17) is 5.84 Å². The van der Waals surface area contributed by atoms with E-state index in [2.05, 4.69) is 15.7 Å². The summed E-state index contributed by atoms with van der Waals surface area (Å²) < 4.78 is 40.4. The Morgan fingerprint density at radius 2 is 2.27 bits per heavy atom. The van der Waals surface area contributed by atoms with E-state index in [0.29, 0.717) is 17.9 Å². The fourth-order valence-corrected chi connectivity index (χ4v) is 2.51. The minimum absolute atomic E-state index is 0.189. The maximum absolute atomic E-state index is 13.5. The average molecular weight is 319 g/mol. The number of halogens is 3. The van der Waals surface area contributed by atoms with E-state index in [0.717, 1.165) is 6.20 Å². The quantitative estimate of drug-likeness (QED) is 0.493. The van der Waals surface area contributed by atoms with Gasteiger partial charge in [-0.05, 0) is 19.0 Å². The number of alkyl halides is 3. The molecule has 1 aromatic rings. The van der Waals surface area contributed by atoms with Crippen molar-refractivity contribution in [1.82, 2.24) is 15.2 Å². The number of anilines is 1. The zero-order valence-corrected chi connectivity index (χ0v) is 11.5. The van der Waals surface area contributed by atoms with Crippen molar-refractivity contribution in [3.05, 3.63) is 23.9 Å². The van der Waals surface area contributed by atoms with Gasteiger partial charge in [0.15, 0.2) is 6.04 Å². The molecule has 7 nitrogen and oxygen atoms in total. The summed E-state index contributed by atoms with van der Waals surface area (Å²) in [5.41, 5.74) is 1.96. The normalized spacial score (nSPS) is 19.7. The summed E-state index contributed by atoms with van der Waals surface area (Å²) in [6.45, 7) is 0.669. The average Bonchev–Trinajstić information content (AvgIpc) is 2.97. The van der Waals surface area contributed by atoms with Gasteiger partial charge in [-0.2, -0.15) is 13.2 Å². The molecule has 0 aliphatic carbocycles. The second kappa shape index (κ2) is 6.36. The van der Waals surface area contributed by atoms with Gasteiger partial charge in [-0.1, -0.05) is 6.07 Å². The van der Waals surface area contributed by atoms with Gasteiger partial charge in [0.05, 0.1) is 0 Å². The molecule has 0 bridgehead atoms. The number of nitrogen functional groups attached to an aromatic ring is 1. The molecule has 1 aliphatic heterocycles. The Morgan fingerprint density at radius 3 is 2.68 bits per heavy atom. The van der Waals surface area contributed by atoms with Gasteiger partial charge in [-0.25, -0.2) is 15.6 Å². The van der Waals surface area contributed by atoms with Gasteiger partial charge < -0.3 is 15.8 Å². The third-order valence-corrected chi connectivity index (χ3v) is 3.49. The van der Waals surface area contributed by atoms with Crippen LogP contribution in [-0.4, -0.2) is 46.4 Å². The molecular formula is C12H16F3N5O2. The minimum Gasteiger partial charge on any atom is -0.465 e. The second-order valence-electron chi connectivity index (χ2n) is 4.90. The van der Waals surface area contributed by atoms with Crippen LogP contribution in [0.15, 0.2) is 18.3 Å². The molecule has 0 saturated carbocycles. The van der Waals surface area contributed by atoms with E-state index in [1.807, 2.05) is 0 Å². The van der Waals surface area contributed by atoms with Crippen LogP contribution >= 0.6 is 0 Å². The van der Waals surface area contributed by atoms with Gasteiger partial charge in [-0.15, -0.1) is 0 Å². The van der Waals surface area contributed by atoms with Crippen LogP contribution in [-0.2, 0) is 0 Å². The van der Waals surface area contributed by atoms with Crippen molar-refractivity contribution in [2.24, 2.45) is 5.84 Å². The number of hydrogen-bond acceptors (Lipinski definition) is 5. The largest absolute Gasteiger partial charge is 0.465 e. The summed E-state index contributed by atoms with van der Waals surface area (Å²) >= 11 is 0. The van der Waals surface area contributed by atoms with Crippen LogP contribution in [0.2, 0.25) is 0 Å². The minimum atomic E-state index is -4.75. The van der Waals surface area contributed by atoms with E-state index in [1.54, 1.807) is 0 Å². The predicted octanol–water partition coefficient (Wildman–Crippen LogP) is 1.31. The fraction of sp³-hybridized carbons (Fsp3) is 0.500. The first-order valence-corrected chi connectivity index (χ1v) is 6.56. The molecule has 0 aromatic carbocycles. The highest BCUT2D eigenvalue weighted by molar-refractivity contribution is 5.66. The number of carbonyl (C=O) groups is 1. The van der Waals surface area contributed by atoms with Crippen molar-refractivity contribution in [2.45, 2.75) is 24.7 Å². The summed E-state index contributed by atoms with van der Waals surface area (Å²) in [4.78, 5) is 15.6. The number of nitrogens with two attached hydrogens (primary N) is 1. The van der Waals surface area contributed by atoms with E-state index in [1.165, 1.54) is 12.1 Å². The van der Waals surface area contributed by atoms with Crippen LogP contribution in [0.3, 0.4) is 0 Å². The third kappa shape index (κ3) is 3.39. The summed E-state index contributed by atoms with van der Waals surface area (Å²) in [5, 5.41) is 12.1. The lowest BCUT2D eigenvalue weighted by molar-refractivity contribution is -0.185. The van der Waals surface area contributed by atoms with Gasteiger partial charge in [0.1, 0.15) is 5.82 Å². The van der Waals surface area contributed by atoms with E-state index in [9.17, 15) is 23.1 Å². The number of aromatic nitrogens is 1. The van der Waals surface area contributed by atoms with Crippen LogP contribution in [0.1, 0.15) is 18.0 Å². The van der Waals surface area contributed by atoms with Crippen molar-refractivity contribution >= 4 is 11.9 Å². The molecule has 1 saturated heterocycles. The lowest BCUT2D eigenvalue weighted by atomic mass is 10.0. The summed E-state index contributed by atoms with van der Waals surface area (Å²) in [5.74, 6) is 5.31. The molecule has 122 valence electrons.